The summed E-state index contributed by atoms with van der Waals surface area (Å²) in [4.78, 5) is 0. The van der Waals surface area contributed by atoms with Crippen LogP contribution in [0.25, 0.3) is 0 Å². The fraction of sp³-hybridized carbons (Fsp3) is 1.00. The van der Waals surface area contributed by atoms with Crippen LogP contribution >= 0.6 is 0 Å². The molecule has 1 heterocycles. The van der Waals surface area contributed by atoms with Crippen LogP contribution in [0, 0.1) is 17.8 Å². The summed E-state index contributed by atoms with van der Waals surface area (Å²) in [6.45, 7) is 3.47. The lowest BCUT2D eigenvalue weighted by atomic mass is 9.87. The Hall–Kier alpha value is -0.0400. The van der Waals surface area contributed by atoms with Gasteiger partial charge in [0.2, 0.25) is 0 Å². The smallest absolute Gasteiger partial charge is 0.0708 e. The van der Waals surface area contributed by atoms with Crippen LogP contribution in [-0.2, 0) is 4.74 Å². The summed E-state index contributed by atoms with van der Waals surface area (Å²) in [7, 11) is 0. The van der Waals surface area contributed by atoms with Crippen LogP contribution in [0.1, 0.15) is 45.4 Å². The minimum atomic E-state index is 0.327. The van der Waals surface area contributed by atoms with E-state index in [0.29, 0.717) is 5.60 Å². The molecule has 1 nitrogen and oxygen atoms in total. The molecule has 0 aromatic heterocycles. The fourth-order valence-corrected chi connectivity index (χ4v) is 3.45. The van der Waals surface area contributed by atoms with Crippen LogP contribution in [0.3, 0.4) is 0 Å². The zero-order valence-electron chi connectivity index (χ0n) is 8.59. The van der Waals surface area contributed by atoms with Gasteiger partial charge in [-0.3, -0.25) is 0 Å². The average molecular weight is 180 g/mol. The van der Waals surface area contributed by atoms with Crippen LogP contribution in [0.5, 0.6) is 0 Å². The lowest BCUT2D eigenvalue weighted by Gasteiger charge is -2.33. The Morgan fingerprint density at radius 2 is 2.08 bits per heavy atom. The zero-order valence-corrected chi connectivity index (χ0v) is 8.59. The number of hydrogen-bond donors (Lipinski definition) is 0. The molecule has 0 aromatic rings. The normalized spacial score (nSPS) is 54.7. The predicted octanol–water partition coefficient (Wildman–Crippen LogP) is 2.99. The van der Waals surface area contributed by atoms with Gasteiger partial charge >= 0.3 is 0 Å². The van der Waals surface area contributed by atoms with Crippen LogP contribution in [0.4, 0.5) is 0 Å². The topological polar surface area (TPSA) is 9.23 Å². The van der Waals surface area contributed by atoms with Gasteiger partial charge in [-0.25, -0.2) is 0 Å². The summed E-state index contributed by atoms with van der Waals surface area (Å²) >= 11 is 0. The molecule has 3 rings (SSSR count). The Labute approximate surface area is 80.8 Å². The summed E-state index contributed by atoms with van der Waals surface area (Å²) in [5.41, 5.74) is 0.327. The quantitative estimate of drug-likeness (QED) is 0.557. The molecule has 1 spiro atoms. The second-order valence-electron chi connectivity index (χ2n) is 5.46. The van der Waals surface area contributed by atoms with E-state index in [1.54, 1.807) is 0 Å². The summed E-state index contributed by atoms with van der Waals surface area (Å²) in [6, 6.07) is 0. The van der Waals surface area contributed by atoms with Gasteiger partial charge < -0.3 is 4.74 Å². The van der Waals surface area contributed by atoms with Gasteiger partial charge in [0.15, 0.2) is 0 Å². The minimum absolute atomic E-state index is 0.327. The van der Waals surface area contributed by atoms with Crippen LogP contribution < -0.4 is 0 Å². The van der Waals surface area contributed by atoms with Crippen LogP contribution in [-0.4, -0.2) is 12.2 Å². The van der Waals surface area contributed by atoms with E-state index in [1.807, 2.05) is 0 Å². The first-order valence-corrected chi connectivity index (χ1v) is 5.94. The molecule has 0 amide bonds. The highest BCUT2D eigenvalue weighted by molar-refractivity contribution is 4.98. The SMILES string of the molecule is C[C@@H]1CCC[C@]12CC[C@@H]1C[C@H]1CO2. The standard InChI is InChI=1S/C12H20O/c1-9-3-2-5-12(9)6-4-10-7-11(10)8-13-12/h9-11H,2-8H2,1H3/t9-,10-,11+,12+/m1/s1. The van der Waals surface area contributed by atoms with Gasteiger partial charge in [-0.1, -0.05) is 13.3 Å². The molecular weight excluding hydrogens is 160 g/mol. The van der Waals surface area contributed by atoms with Crippen molar-refractivity contribution in [1.29, 1.82) is 0 Å². The summed E-state index contributed by atoms with van der Waals surface area (Å²) in [5, 5.41) is 0. The van der Waals surface area contributed by atoms with Crippen molar-refractivity contribution in [3.63, 3.8) is 0 Å². The Morgan fingerprint density at radius 3 is 2.85 bits per heavy atom. The summed E-state index contributed by atoms with van der Waals surface area (Å²) < 4.78 is 6.22. The molecule has 3 fully saturated rings. The Kier molecular flexibility index (Phi) is 1.74. The second-order valence-corrected chi connectivity index (χ2v) is 5.46. The van der Waals surface area contributed by atoms with E-state index >= 15 is 0 Å². The van der Waals surface area contributed by atoms with Gasteiger partial charge in [0, 0.05) is 0 Å². The van der Waals surface area contributed by atoms with E-state index in [2.05, 4.69) is 6.92 Å². The first-order valence-electron chi connectivity index (χ1n) is 5.94. The Morgan fingerprint density at radius 1 is 1.15 bits per heavy atom. The van der Waals surface area contributed by atoms with Gasteiger partial charge in [0.1, 0.15) is 0 Å². The van der Waals surface area contributed by atoms with Crippen molar-refractivity contribution < 1.29 is 4.74 Å². The molecule has 3 aliphatic rings. The lowest BCUT2D eigenvalue weighted by Crippen LogP contribution is -2.35. The van der Waals surface area contributed by atoms with Crippen molar-refractivity contribution in [2.24, 2.45) is 17.8 Å². The Balaban J connectivity index is 1.75. The first kappa shape index (κ1) is 8.28. The molecule has 0 N–H and O–H groups in total. The highest BCUT2D eigenvalue weighted by Crippen LogP contribution is 2.52. The summed E-state index contributed by atoms with van der Waals surface area (Å²) in [6.07, 6.45) is 8.41. The monoisotopic (exact) mass is 180 g/mol. The van der Waals surface area contributed by atoms with Crippen molar-refractivity contribution in [1.82, 2.24) is 0 Å². The largest absolute Gasteiger partial charge is 0.374 e. The maximum atomic E-state index is 6.22. The zero-order chi connectivity index (χ0) is 8.89. The highest BCUT2D eigenvalue weighted by atomic mass is 16.5. The number of rotatable bonds is 0. The van der Waals surface area contributed by atoms with E-state index < -0.39 is 0 Å². The maximum absolute atomic E-state index is 6.22. The highest BCUT2D eigenvalue weighted by Gasteiger charge is 2.48. The molecule has 0 bridgehead atoms. The molecule has 0 radical (unpaired) electrons. The third-order valence-electron chi connectivity index (χ3n) is 4.73. The van der Waals surface area contributed by atoms with Gasteiger partial charge in [-0.2, -0.15) is 0 Å². The molecule has 1 aliphatic heterocycles. The first-order chi connectivity index (χ1) is 6.30. The molecule has 1 heteroatoms. The number of hydrogen-bond acceptors (Lipinski definition) is 1. The van der Waals surface area contributed by atoms with Gasteiger partial charge in [0.05, 0.1) is 12.2 Å². The van der Waals surface area contributed by atoms with Crippen molar-refractivity contribution in [3.8, 4) is 0 Å². The molecule has 1 saturated heterocycles. The molecular formula is C12H20O. The molecule has 2 aliphatic carbocycles. The molecule has 4 atom stereocenters. The third kappa shape index (κ3) is 1.24. The van der Waals surface area contributed by atoms with Gasteiger partial charge in [0.25, 0.3) is 0 Å². The van der Waals surface area contributed by atoms with E-state index in [9.17, 15) is 0 Å². The maximum Gasteiger partial charge on any atom is 0.0708 e. The molecule has 0 aromatic carbocycles. The lowest BCUT2D eigenvalue weighted by molar-refractivity contribution is -0.0717. The van der Waals surface area contributed by atoms with Gasteiger partial charge in [-0.05, 0) is 49.9 Å². The van der Waals surface area contributed by atoms with Crippen LogP contribution in [0.2, 0.25) is 0 Å². The van der Waals surface area contributed by atoms with E-state index in [1.165, 1.54) is 38.5 Å². The van der Waals surface area contributed by atoms with Crippen molar-refractivity contribution in [2.75, 3.05) is 6.61 Å². The second kappa shape index (κ2) is 2.73. The molecule has 13 heavy (non-hydrogen) atoms. The molecule has 2 saturated carbocycles. The third-order valence-corrected chi connectivity index (χ3v) is 4.73. The van der Waals surface area contributed by atoms with Crippen molar-refractivity contribution in [3.05, 3.63) is 0 Å². The van der Waals surface area contributed by atoms with Gasteiger partial charge in [-0.15, -0.1) is 0 Å². The molecule has 0 unspecified atom stereocenters. The van der Waals surface area contributed by atoms with Crippen molar-refractivity contribution >= 4 is 0 Å². The van der Waals surface area contributed by atoms with E-state index in [-0.39, 0.29) is 0 Å². The predicted molar refractivity (Wildman–Crippen MR) is 52.5 cm³/mol. The molecule has 74 valence electrons. The number of ether oxygens (including phenoxy) is 1. The van der Waals surface area contributed by atoms with E-state index in [0.717, 1.165) is 24.4 Å². The summed E-state index contributed by atoms with van der Waals surface area (Å²) in [5.74, 6) is 2.82. The van der Waals surface area contributed by atoms with E-state index in [4.69, 9.17) is 4.74 Å². The Bertz CT molecular complexity index is 199. The fourth-order valence-electron chi connectivity index (χ4n) is 3.45. The average Bonchev–Trinajstić information content (AvgIpc) is 2.79. The number of fused-ring (bicyclic) bond motifs is 1. The van der Waals surface area contributed by atoms with Crippen LogP contribution in [0.15, 0.2) is 0 Å². The van der Waals surface area contributed by atoms with Crippen molar-refractivity contribution in [2.45, 2.75) is 51.0 Å². The minimum Gasteiger partial charge on any atom is -0.374 e.